The molecule has 3 N–H and O–H groups in total. The van der Waals surface area contributed by atoms with Crippen LogP contribution >= 0.6 is 0 Å². The fourth-order valence-electron chi connectivity index (χ4n) is 1.66. The van der Waals surface area contributed by atoms with Crippen molar-refractivity contribution in [2.75, 3.05) is 32.4 Å². The van der Waals surface area contributed by atoms with Crippen molar-refractivity contribution in [1.82, 2.24) is 9.97 Å². The van der Waals surface area contributed by atoms with E-state index in [1.54, 1.807) is 0 Å². The van der Waals surface area contributed by atoms with Gasteiger partial charge in [0, 0.05) is 12.5 Å². The number of hydrogen-bond donors (Lipinski definition) is 2. The lowest BCUT2D eigenvalue weighted by molar-refractivity contribution is 0.163. The molecule has 1 aromatic heterocycles. The second-order valence-electron chi connectivity index (χ2n) is 3.75. The maximum absolute atomic E-state index is 5.60. The Morgan fingerprint density at radius 1 is 1.59 bits per heavy atom. The van der Waals surface area contributed by atoms with Gasteiger partial charge in [-0.25, -0.2) is 10.8 Å². The van der Waals surface area contributed by atoms with Crippen LogP contribution in [0, 0.1) is 5.92 Å². The molecule has 0 radical (unpaired) electrons. The molecule has 1 saturated heterocycles. The number of nitrogens with one attached hydrogen (secondary N) is 1. The van der Waals surface area contributed by atoms with E-state index in [2.05, 4.69) is 15.4 Å². The van der Waals surface area contributed by atoms with E-state index in [4.69, 9.17) is 20.1 Å². The molecule has 1 fully saturated rings. The van der Waals surface area contributed by atoms with Crippen LogP contribution in [0.15, 0.2) is 6.33 Å². The molecule has 7 nitrogen and oxygen atoms in total. The topological polar surface area (TPSA) is 91.5 Å². The Hall–Kier alpha value is -1.60. The van der Waals surface area contributed by atoms with Crippen LogP contribution in [0.4, 0.5) is 5.82 Å². The lowest BCUT2D eigenvalue weighted by Crippen LogP contribution is -2.15. The first-order chi connectivity index (χ1) is 8.35. The number of anilines is 1. The summed E-state index contributed by atoms with van der Waals surface area (Å²) in [5.41, 5.74) is 2.43. The number of hydrogen-bond acceptors (Lipinski definition) is 7. The Balaban J connectivity index is 2.03. The summed E-state index contributed by atoms with van der Waals surface area (Å²) >= 11 is 0. The van der Waals surface area contributed by atoms with Gasteiger partial charge in [0.1, 0.15) is 6.33 Å². The minimum atomic E-state index is 0.391. The lowest BCUT2D eigenvalue weighted by Gasteiger charge is -2.13. The number of nitrogen functional groups attached to an aromatic ring is 1. The molecule has 0 amide bonds. The molecule has 2 rings (SSSR count). The normalized spacial score (nSPS) is 19.1. The number of nitrogens with two attached hydrogens (primary N) is 1. The molecule has 1 unspecified atom stereocenters. The molecule has 0 aliphatic carbocycles. The second kappa shape index (κ2) is 5.65. The van der Waals surface area contributed by atoms with E-state index in [9.17, 15) is 0 Å². The van der Waals surface area contributed by atoms with Gasteiger partial charge in [0.15, 0.2) is 5.82 Å². The van der Waals surface area contributed by atoms with Crippen molar-refractivity contribution in [2.24, 2.45) is 11.8 Å². The largest absolute Gasteiger partial charge is 0.489 e. The number of methoxy groups -OCH3 is 1. The first kappa shape index (κ1) is 11.9. The minimum absolute atomic E-state index is 0.391. The van der Waals surface area contributed by atoms with Crippen molar-refractivity contribution < 1.29 is 14.2 Å². The van der Waals surface area contributed by atoms with Crippen molar-refractivity contribution in [2.45, 2.75) is 6.42 Å². The van der Waals surface area contributed by atoms with Gasteiger partial charge in [-0.15, -0.1) is 0 Å². The molecule has 0 spiro atoms. The standard InChI is InChI=1S/C10H16N4O3/c1-15-8-9(14-11)12-6-13-10(8)17-5-7-2-3-16-4-7/h6-7H,2-5,11H2,1H3,(H,12,13,14). The quantitative estimate of drug-likeness (QED) is 0.560. The number of aromatic nitrogens is 2. The van der Waals surface area contributed by atoms with Gasteiger partial charge in [0.25, 0.3) is 5.88 Å². The molecule has 1 aliphatic rings. The van der Waals surface area contributed by atoms with Gasteiger partial charge in [0.05, 0.1) is 20.3 Å². The van der Waals surface area contributed by atoms with Crippen LogP contribution in [0.5, 0.6) is 11.6 Å². The Kier molecular flexibility index (Phi) is 3.94. The molecule has 0 saturated carbocycles. The maximum Gasteiger partial charge on any atom is 0.262 e. The summed E-state index contributed by atoms with van der Waals surface area (Å²) < 4.78 is 16.0. The highest BCUT2D eigenvalue weighted by Gasteiger charge is 2.19. The van der Waals surface area contributed by atoms with E-state index in [-0.39, 0.29) is 0 Å². The second-order valence-corrected chi connectivity index (χ2v) is 3.75. The molecule has 1 atom stereocenters. The Morgan fingerprint density at radius 2 is 2.47 bits per heavy atom. The van der Waals surface area contributed by atoms with Crippen molar-refractivity contribution in [3.63, 3.8) is 0 Å². The van der Waals surface area contributed by atoms with E-state index in [0.717, 1.165) is 19.6 Å². The zero-order chi connectivity index (χ0) is 12.1. The van der Waals surface area contributed by atoms with Gasteiger partial charge in [-0.3, -0.25) is 0 Å². The predicted molar refractivity (Wildman–Crippen MR) is 60.8 cm³/mol. The predicted octanol–water partition coefficient (Wildman–Crippen LogP) is 0.186. The first-order valence-corrected chi connectivity index (χ1v) is 5.41. The molecule has 7 heteroatoms. The average molecular weight is 240 g/mol. The van der Waals surface area contributed by atoms with Crippen LogP contribution in [-0.2, 0) is 4.74 Å². The summed E-state index contributed by atoms with van der Waals surface area (Å²) in [6, 6.07) is 0. The van der Waals surface area contributed by atoms with Gasteiger partial charge in [-0.05, 0) is 6.42 Å². The molecule has 94 valence electrons. The molecule has 1 aliphatic heterocycles. The Morgan fingerprint density at radius 3 is 3.12 bits per heavy atom. The van der Waals surface area contributed by atoms with Crippen LogP contribution in [-0.4, -0.2) is 36.9 Å². The molecule has 1 aromatic rings. The monoisotopic (exact) mass is 240 g/mol. The lowest BCUT2D eigenvalue weighted by atomic mass is 10.1. The molecule has 0 aromatic carbocycles. The molecule has 0 bridgehead atoms. The minimum Gasteiger partial charge on any atom is -0.489 e. The van der Waals surface area contributed by atoms with E-state index in [0.29, 0.717) is 30.0 Å². The van der Waals surface area contributed by atoms with E-state index in [1.807, 2.05) is 0 Å². The Labute approximate surface area is 99.3 Å². The van der Waals surface area contributed by atoms with Gasteiger partial charge in [-0.2, -0.15) is 4.98 Å². The van der Waals surface area contributed by atoms with Gasteiger partial charge in [0.2, 0.25) is 5.75 Å². The van der Waals surface area contributed by atoms with Crippen molar-refractivity contribution in [3.8, 4) is 11.6 Å². The number of nitrogens with zero attached hydrogens (tertiary/aromatic N) is 2. The van der Waals surface area contributed by atoms with E-state index in [1.165, 1.54) is 13.4 Å². The average Bonchev–Trinajstić information content (AvgIpc) is 2.88. The summed E-state index contributed by atoms with van der Waals surface area (Å²) in [6.45, 7) is 2.08. The van der Waals surface area contributed by atoms with Gasteiger partial charge < -0.3 is 19.6 Å². The zero-order valence-electron chi connectivity index (χ0n) is 9.68. The SMILES string of the molecule is COc1c(NN)ncnc1OCC1CCOC1. The molecular formula is C10H16N4O3. The fourth-order valence-corrected chi connectivity index (χ4v) is 1.66. The summed E-state index contributed by atoms with van der Waals surface area (Å²) in [5.74, 6) is 6.93. The van der Waals surface area contributed by atoms with Crippen molar-refractivity contribution in [3.05, 3.63) is 6.33 Å². The van der Waals surface area contributed by atoms with Crippen LogP contribution in [0.25, 0.3) is 0 Å². The smallest absolute Gasteiger partial charge is 0.262 e. The number of ether oxygens (including phenoxy) is 3. The summed E-state index contributed by atoms with van der Waals surface area (Å²) in [4.78, 5) is 7.96. The van der Waals surface area contributed by atoms with Crippen LogP contribution in [0.3, 0.4) is 0 Å². The van der Waals surface area contributed by atoms with Crippen LogP contribution in [0.1, 0.15) is 6.42 Å². The summed E-state index contributed by atoms with van der Waals surface area (Å²) in [6.07, 6.45) is 2.38. The van der Waals surface area contributed by atoms with E-state index < -0.39 is 0 Å². The van der Waals surface area contributed by atoms with Crippen molar-refractivity contribution in [1.29, 1.82) is 0 Å². The number of hydrazine groups is 1. The third-order valence-electron chi connectivity index (χ3n) is 2.59. The third-order valence-corrected chi connectivity index (χ3v) is 2.59. The molecule has 17 heavy (non-hydrogen) atoms. The fraction of sp³-hybridized carbons (Fsp3) is 0.600. The molecule has 2 heterocycles. The maximum atomic E-state index is 5.60. The number of rotatable bonds is 5. The molecular weight excluding hydrogens is 224 g/mol. The van der Waals surface area contributed by atoms with Crippen LogP contribution in [0.2, 0.25) is 0 Å². The highest BCUT2D eigenvalue weighted by molar-refractivity contribution is 5.54. The van der Waals surface area contributed by atoms with Gasteiger partial charge in [-0.1, -0.05) is 0 Å². The zero-order valence-corrected chi connectivity index (χ0v) is 9.68. The summed E-state index contributed by atoms with van der Waals surface area (Å²) in [5, 5.41) is 0. The van der Waals surface area contributed by atoms with Crippen LogP contribution < -0.4 is 20.7 Å². The van der Waals surface area contributed by atoms with Crippen molar-refractivity contribution >= 4 is 5.82 Å². The van der Waals surface area contributed by atoms with E-state index >= 15 is 0 Å². The summed E-state index contributed by atoms with van der Waals surface area (Å²) in [7, 11) is 1.52. The van der Waals surface area contributed by atoms with Gasteiger partial charge >= 0.3 is 0 Å². The first-order valence-electron chi connectivity index (χ1n) is 5.41. The Bertz CT molecular complexity index is 369. The highest BCUT2D eigenvalue weighted by Crippen LogP contribution is 2.30. The highest BCUT2D eigenvalue weighted by atomic mass is 16.5. The third kappa shape index (κ3) is 2.75.